The van der Waals surface area contributed by atoms with Crippen LogP contribution in [0.15, 0.2) is 54.6 Å². The van der Waals surface area contributed by atoms with Crippen molar-refractivity contribution in [2.45, 2.75) is 52.7 Å². The van der Waals surface area contributed by atoms with E-state index in [-0.39, 0.29) is 30.7 Å². The number of hydrogen-bond donors (Lipinski definition) is 0. The average Bonchev–Trinajstić information content (AvgIpc) is 3.32. The van der Waals surface area contributed by atoms with Gasteiger partial charge in [-0.3, -0.25) is 4.79 Å². The fraction of sp³-hybridized carbons (Fsp3) is 0.375. The SMILES string of the molecule is Cc1ccc(C2CN(C(=O)OC(C)(C)C)CC2C(=O)N(C)Cc2ccc(Cl)cc2Oc2ccc(F)c(C)c2)c(Cl)c1. The van der Waals surface area contributed by atoms with E-state index in [1.807, 2.05) is 45.9 Å². The van der Waals surface area contributed by atoms with Crippen molar-refractivity contribution in [2.24, 2.45) is 5.92 Å². The quantitative estimate of drug-likeness (QED) is 0.286. The summed E-state index contributed by atoms with van der Waals surface area (Å²) >= 11 is 12.9. The number of hydrogen-bond acceptors (Lipinski definition) is 4. The zero-order valence-electron chi connectivity index (χ0n) is 24.1. The van der Waals surface area contributed by atoms with E-state index in [1.165, 1.54) is 6.07 Å². The highest BCUT2D eigenvalue weighted by atomic mass is 35.5. The molecule has 1 aliphatic rings. The molecule has 3 aromatic rings. The van der Waals surface area contributed by atoms with Gasteiger partial charge in [0.1, 0.15) is 22.9 Å². The number of ether oxygens (including phenoxy) is 2. The molecule has 2 atom stereocenters. The molecule has 0 bridgehead atoms. The van der Waals surface area contributed by atoms with Gasteiger partial charge in [-0.15, -0.1) is 0 Å². The molecule has 41 heavy (non-hydrogen) atoms. The van der Waals surface area contributed by atoms with Crippen LogP contribution in [0, 0.1) is 25.6 Å². The summed E-state index contributed by atoms with van der Waals surface area (Å²) in [7, 11) is 1.71. The van der Waals surface area contributed by atoms with Crippen LogP contribution < -0.4 is 4.74 Å². The smallest absolute Gasteiger partial charge is 0.410 e. The standard InChI is InChI=1S/C32H35Cl2FN2O4/c1-19-7-11-24(27(34)13-19)25-17-37(31(39)41-32(3,4)5)18-26(25)30(38)36(6)16-21-8-9-22(33)15-29(21)40-23-10-12-28(35)20(2)14-23/h7-15,25-26H,16-18H2,1-6H3. The number of amides is 2. The molecule has 1 aliphatic heterocycles. The lowest BCUT2D eigenvalue weighted by atomic mass is 9.87. The fourth-order valence-electron chi connectivity index (χ4n) is 4.96. The number of benzene rings is 3. The summed E-state index contributed by atoms with van der Waals surface area (Å²) in [5.41, 5.74) is 2.33. The number of aryl methyl sites for hydroxylation is 2. The van der Waals surface area contributed by atoms with Gasteiger partial charge in [0, 0.05) is 48.2 Å². The van der Waals surface area contributed by atoms with E-state index >= 15 is 0 Å². The number of carbonyl (C=O) groups is 2. The second kappa shape index (κ2) is 12.3. The second-order valence-electron chi connectivity index (χ2n) is 11.6. The van der Waals surface area contributed by atoms with Gasteiger partial charge in [-0.1, -0.05) is 41.4 Å². The van der Waals surface area contributed by atoms with Crippen LogP contribution in [-0.2, 0) is 16.1 Å². The molecule has 0 aromatic heterocycles. The monoisotopic (exact) mass is 600 g/mol. The molecule has 3 aromatic carbocycles. The number of nitrogens with zero attached hydrogens (tertiary/aromatic N) is 2. The highest BCUT2D eigenvalue weighted by Gasteiger charge is 2.43. The summed E-state index contributed by atoms with van der Waals surface area (Å²) in [6, 6.07) is 15.4. The zero-order valence-corrected chi connectivity index (χ0v) is 25.6. The lowest BCUT2D eigenvalue weighted by Crippen LogP contribution is -2.38. The third-order valence-electron chi connectivity index (χ3n) is 7.01. The van der Waals surface area contributed by atoms with Gasteiger partial charge in [0.05, 0.1) is 5.92 Å². The first-order valence-corrected chi connectivity index (χ1v) is 14.2. The average molecular weight is 602 g/mol. The Morgan fingerprint density at radius 3 is 2.41 bits per heavy atom. The molecule has 0 N–H and O–H groups in total. The van der Waals surface area contributed by atoms with E-state index in [0.29, 0.717) is 33.7 Å². The molecule has 1 heterocycles. The van der Waals surface area contributed by atoms with Crippen LogP contribution in [0.5, 0.6) is 11.5 Å². The predicted octanol–water partition coefficient (Wildman–Crippen LogP) is 8.15. The van der Waals surface area contributed by atoms with E-state index in [1.54, 1.807) is 54.1 Å². The van der Waals surface area contributed by atoms with E-state index in [2.05, 4.69) is 0 Å². The van der Waals surface area contributed by atoms with Crippen LogP contribution in [-0.4, -0.2) is 47.5 Å². The lowest BCUT2D eigenvalue weighted by Gasteiger charge is -2.26. The summed E-state index contributed by atoms with van der Waals surface area (Å²) in [4.78, 5) is 30.2. The summed E-state index contributed by atoms with van der Waals surface area (Å²) in [5, 5.41) is 1.03. The minimum atomic E-state index is -0.666. The van der Waals surface area contributed by atoms with Crippen LogP contribution in [0.4, 0.5) is 9.18 Å². The maximum Gasteiger partial charge on any atom is 0.410 e. The Balaban J connectivity index is 1.59. The molecule has 218 valence electrons. The number of likely N-dealkylation sites (tertiary alicyclic amines) is 1. The molecule has 0 aliphatic carbocycles. The molecule has 4 rings (SSSR count). The van der Waals surface area contributed by atoms with Gasteiger partial charge in [-0.2, -0.15) is 0 Å². The molecule has 9 heteroatoms. The van der Waals surface area contributed by atoms with Crippen LogP contribution in [0.3, 0.4) is 0 Å². The first-order valence-electron chi connectivity index (χ1n) is 13.4. The van der Waals surface area contributed by atoms with E-state index in [4.69, 9.17) is 32.7 Å². The first-order chi connectivity index (χ1) is 19.2. The minimum Gasteiger partial charge on any atom is -0.457 e. The molecular weight excluding hydrogens is 566 g/mol. The first kappa shape index (κ1) is 30.7. The Kier molecular flexibility index (Phi) is 9.19. The number of carbonyl (C=O) groups excluding carboxylic acids is 2. The fourth-order valence-corrected chi connectivity index (χ4v) is 5.49. The molecule has 0 saturated carbocycles. The van der Waals surface area contributed by atoms with Gasteiger partial charge < -0.3 is 19.3 Å². The van der Waals surface area contributed by atoms with Crippen molar-refractivity contribution >= 4 is 35.2 Å². The van der Waals surface area contributed by atoms with Gasteiger partial charge in [0.15, 0.2) is 0 Å². The molecule has 0 radical (unpaired) electrons. The second-order valence-corrected chi connectivity index (χ2v) is 12.4. The molecule has 1 saturated heterocycles. The van der Waals surface area contributed by atoms with Crippen LogP contribution in [0.25, 0.3) is 0 Å². The Bertz CT molecular complexity index is 1460. The van der Waals surface area contributed by atoms with Crippen molar-refractivity contribution in [3.63, 3.8) is 0 Å². The Labute approximate surface area is 250 Å². The lowest BCUT2D eigenvalue weighted by molar-refractivity contribution is -0.134. The molecule has 1 fully saturated rings. The summed E-state index contributed by atoms with van der Waals surface area (Å²) < 4.78 is 25.5. The van der Waals surface area contributed by atoms with Crippen molar-refractivity contribution in [3.8, 4) is 11.5 Å². The molecular formula is C32H35Cl2FN2O4. The van der Waals surface area contributed by atoms with Gasteiger partial charge in [-0.05, 0) is 87.7 Å². The molecule has 0 spiro atoms. The van der Waals surface area contributed by atoms with Crippen molar-refractivity contribution < 1.29 is 23.5 Å². The largest absolute Gasteiger partial charge is 0.457 e. The Hall–Kier alpha value is -3.29. The number of rotatable bonds is 6. The van der Waals surface area contributed by atoms with E-state index in [9.17, 15) is 14.0 Å². The van der Waals surface area contributed by atoms with Crippen molar-refractivity contribution in [1.82, 2.24) is 9.80 Å². The maximum absolute atomic E-state index is 14.0. The molecule has 2 amide bonds. The molecule has 6 nitrogen and oxygen atoms in total. The summed E-state index contributed by atoms with van der Waals surface area (Å²) in [6.07, 6.45) is -0.466. The van der Waals surface area contributed by atoms with Crippen molar-refractivity contribution in [1.29, 1.82) is 0 Å². The zero-order chi connectivity index (χ0) is 30.1. The summed E-state index contributed by atoms with van der Waals surface area (Å²) in [5.74, 6) is -0.398. The maximum atomic E-state index is 14.0. The summed E-state index contributed by atoms with van der Waals surface area (Å²) in [6.45, 7) is 9.77. The third kappa shape index (κ3) is 7.52. The molecule has 2 unspecified atom stereocenters. The topological polar surface area (TPSA) is 59.1 Å². The Morgan fingerprint density at radius 2 is 1.76 bits per heavy atom. The van der Waals surface area contributed by atoms with Crippen LogP contribution in [0.2, 0.25) is 10.0 Å². The van der Waals surface area contributed by atoms with Crippen molar-refractivity contribution in [2.75, 3.05) is 20.1 Å². The van der Waals surface area contributed by atoms with Crippen LogP contribution in [0.1, 0.15) is 48.9 Å². The Morgan fingerprint density at radius 1 is 1.02 bits per heavy atom. The van der Waals surface area contributed by atoms with E-state index in [0.717, 1.165) is 16.7 Å². The van der Waals surface area contributed by atoms with Gasteiger partial charge in [0.2, 0.25) is 5.91 Å². The third-order valence-corrected chi connectivity index (χ3v) is 7.58. The van der Waals surface area contributed by atoms with Gasteiger partial charge >= 0.3 is 6.09 Å². The number of halogens is 3. The van der Waals surface area contributed by atoms with Gasteiger partial charge in [0.25, 0.3) is 0 Å². The predicted molar refractivity (Wildman–Crippen MR) is 159 cm³/mol. The normalized spacial score (nSPS) is 17.0. The van der Waals surface area contributed by atoms with Gasteiger partial charge in [-0.25, -0.2) is 9.18 Å². The minimum absolute atomic E-state index is 0.142. The van der Waals surface area contributed by atoms with Crippen LogP contribution >= 0.6 is 23.2 Å². The van der Waals surface area contributed by atoms with Crippen molar-refractivity contribution in [3.05, 3.63) is 92.7 Å². The highest BCUT2D eigenvalue weighted by molar-refractivity contribution is 6.31. The highest BCUT2D eigenvalue weighted by Crippen LogP contribution is 2.39. The van der Waals surface area contributed by atoms with E-state index < -0.39 is 17.6 Å².